The molecule has 5 rings (SSSR count). The van der Waals surface area contributed by atoms with Gasteiger partial charge in [-0.05, 0) is 62.1 Å². The molecule has 1 amide bonds. The van der Waals surface area contributed by atoms with Crippen molar-refractivity contribution in [3.63, 3.8) is 0 Å². The number of anilines is 2. The van der Waals surface area contributed by atoms with Crippen molar-refractivity contribution in [2.75, 3.05) is 44.3 Å². The third-order valence-electron chi connectivity index (χ3n) is 7.46. The second kappa shape index (κ2) is 10.5. The molecular formula is C29H29ClF3N2O5P. The monoisotopic (exact) mass is 608 g/mol. The van der Waals surface area contributed by atoms with Gasteiger partial charge in [-0.3, -0.25) is 4.79 Å². The van der Waals surface area contributed by atoms with Crippen molar-refractivity contribution in [1.82, 2.24) is 0 Å². The number of carbonyl (C=O) groups excluding carboxylic acids is 1. The lowest BCUT2D eigenvalue weighted by Gasteiger charge is -2.28. The molecule has 1 saturated carbocycles. The molecule has 0 bridgehead atoms. The molecule has 1 N–H and O–H groups in total. The summed E-state index contributed by atoms with van der Waals surface area (Å²) in [5, 5.41) is 4.20. The van der Waals surface area contributed by atoms with Crippen LogP contribution in [0.25, 0.3) is 0 Å². The maximum absolute atomic E-state index is 14.4. The third-order valence-corrected chi connectivity index (χ3v) is 9.20. The predicted octanol–water partition coefficient (Wildman–Crippen LogP) is 6.74. The summed E-state index contributed by atoms with van der Waals surface area (Å²) in [4.78, 5) is 15.9. The molecule has 0 saturated heterocycles. The van der Waals surface area contributed by atoms with E-state index in [-0.39, 0.29) is 5.41 Å². The number of nitrogens with one attached hydrogen (secondary N) is 1. The quantitative estimate of drug-likeness (QED) is 0.286. The molecule has 1 fully saturated rings. The van der Waals surface area contributed by atoms with Crippen molar-refractivity contribution in [2.24, 2.45) is 0 Å². The first kappa shape index (κ1) is 29.1. The van der Waals surface area contributed by atoms with E-state index < -0.39 is 31.2 Å². The summed E-state index contributed by atoms with van der Waals surface area (Å²) in [6, 6.07) is 13.0. The normalized spacial score (nSPS) is 16.2. The van der Waals surface area contributed by atoms with Crippen molar-refractivity contribution >= 4 is 41.3 Å². The van der Waals surface area contributed by atoms with E-state index in [9.17, 15) is 22.5 Å². The summed E-state index contributed by atoms with van der Waals surface area (Å²) >= 11 is 6.21. The molecule has 7 nitrogen and oxygen atoms in total. The number of alkyl halides is 3. The van der Waals surface area contributed by atoms with E-state index >= 15 is 0 Å². The van der Waals surface area contributed by atoms with Crippen LogP contribution in [0.4, 0.5) is 24.5 Å². The number of hydrogen-bond acceptors (Lipinski definition) is 6. The van der Waals surface area contributed by atoms with Crippen molar-refractivity contribution in [3.05, 3.63) is 70.7 Å². The molecule has 1 unspecified atom stereocenters. The Morgan fingerprint density at radius 3 is 2.37 bits per heavy atom. The number of amides is 1. The molecule has 0 radical (unpaired) electrons. The van der Waals surface area contributed by atoms with Gasteiger partial charge in [-0.2, -0.15) is 0 Å². The Balaban J connectivity index is 1.60. The van der Waals surface area contributed by atoms with Crippen LogP contribution in [0.15, 0.2) is 54.6 Å². The molecule has 218 valence electrons. The molecule has 3 aromatic carbocycles. The highest BCUT2D eigenvalue weighted by atomic mass is 35.5. The van der Waals surface area contributed by atoms with Gasteiger partial charge in [0.1, 0.15) is 30.4 Å². The number of fused-ring (bicyclic) bond motifs is 2. The van der Waals surface area contributed by atoms with Crippen LogP contribution in [0, 0.1) is 0 Å². The third kappa shape index (κ3) is 5.99. The number of benzene rings is 3. The van der Waals surface area contributed by atoms with E-state index in [0.29, 0.717) is 45.3 Å². The van der Waals surface area contributed by atoms with Crippen molar-refractivity contribution < 1.29 is 36.7 Å². The van der Waals surface area contributed by atoms with Gasteiger partial charge in [-0.1, -0.05) is 23.7 Å². The van der Waals surface area contributed by atoms with Crippen LogP contribution in [0.2, 0.25) is 5.02 Å². The number of halogens is 4. The summed E-state index contributed by atoms with van der Waals surface area (Å²) in [7, 11) is 0.236. The fourth-order valence-corrected chi connectivity index (χ4v) is 6.29. The zero-order valence-electron chi connectivity index (χ0n) is 22.8. The van der Waals surface area contributed by atoms with Crippen LogP contribution < -0.4 is 29.7 Å². The summed E-state index contributed by atoms with van der Waals surface area (Å²) in [5.41, 5.74) is 1.80. The van der Waals surface area contributed by atoms with Crippen LogP contribution in [0.1, 0.15) is 30.0 Å². The Morgan fingerprint density at radius 2 is 1.76 bits per heavy atom. The molecule has 41 heavy (non-hydrogen) atoms. The van der Waals surface area contributed by atoms with Gasteiger partial charge in [0.25, 0.3) is 5.91 Å². The van der Waals surface area contributed by atoms with E-state index in [4.69, 9.17) is 21.1 Å². The van der Waals surface area contributed by atoms with Gasteiger partial charge in [-0.15, -0.1) is 13.2 Å². The lowest BCUT2D eigenvalue weighted by molar-refractivity contribution is -0.274. The average Bonchev–Trinajstić information content (AvgIpc) is 3.61. The molecule has 3 aromatic rings. The molecule has 2 aliphatic rings. The first-order valence-electron chi connectivity index (χ1n) is 12.8. The Hall–Kier alpha value is -3.36. The maximum atomic E-state index is 14.4. The molecule has 1 aliphatic carbocycles. The van der Waals surface area contributed by atoms with Crippen LogP contribution in [0.3, 0.4) is 0 Å². The van der Waals surface area contributed by atoms with E-state index in [0.717, 1.165) is 18.4 Å². The number of ether oxygens (including phenoxy) is 3. The minimum atomic E-state index is -4.87. The molecule has 1 heterocycles. The van der Waals surface area contributed by atoms with Gasteiger partial charge in [0.2, 0.25) is 0 Å². The highest BCUT2D eigenvalue weighted by molar-refractivity contribution is 7.70. The topological polar surface area (TPSA) is 77.1 Å². The average molecular weight is 609 g/mol. The summed E-state index contributed by atoms with van der Waals surface area (Å²) in [6.45, 7) is 3.58. The number of carbonyl (C=O) groups is 1. The lowest BCUT2D eigenvalue weighted by Crippen LogP contribution is -2.38. The molecule has 1 spiro atoms. The number of hydrogen-bond donors (Lipinski definition) is 1. The SMILES string of the molecule is COc1cc(NC(C(=O)N2CC3(CC3)c3ccc(OC(F)(F)F)cc32)c2ccc(Cl)cc2OC)cc(P(C)(C)=O)c1. The number of nitrogens with zero attached hydrogens (tertiary/aromatic N) is 1. The summed E-state index contributed by atoms with van der Waals surface area (Å²) in [5.74, 6) is -0.0295. The standard InChI is InChI=1S/C29H29ClF3N2O5P/c1-38-20-12-18(13-21(14-20)41(3,4)37)34-26(22-7-5-17(30)11-25(22)39-2)27(36)35-16-28(9-10-28)23-8-6-19(15-24(23)35)40-29(31,32)33/h5-8,11-15,26,34H,9-10,16H2,1-4H3. The highest BCUT2D eigenvalue weighted by Gasteiger charge is 2.54. The zero-order chi connectivity index (χ0) is 29.7. The van der Waals surface area contributed by atoms with E-state index in [2.05, 4.69) is 10.1 Å². The molecule has 0 aromatic heterocycles. The maximum Gasteiger partial charge on any atom is 0.573 e. The van der Waals surface area contributed by atoms with Gasteiger partial charge in [0.05, 0.1) is 19.9 Å². The van der Waals surface area contributed by atoms with Gasteiger partial charge in [0.15, 0.2) is 0 Å². The van der Waals surface area contributed by atoms with Crippen LogP contribution in [0.5, 0.6) is 17.2 Å². The van der Waals surface area contributed by atoms with Gasteiger partial charge in [0, 0.05) is 45.7 Å². The number of methoxy groups -OCH3 is 2. The first-order chi connectivity index (χ1) is 19.2. The summed E-state index contributed by atoms with van der Waals surface area (Å²) in [6.07, 6.45) is -3.25. The second-order valence-corrected chi connectivity index (χ2v) is 14.3. The Labute approximate surface area is 240 Å². The first-order valence-corrected chi connectivity index (χ1v) is 15.8. The molecule has 1 aliphatic heterocycles. The molecule has 12 heteroatoms. The smallest absolute Gasteiger partial charge is 0.497 e. The Kier molecular flexibility index (Phi) is 7.45. The minimum absolute atomic E-state index is 0.309. The van der Waals surface area contributed by atoms with Crippen molar-refractivity contribution in [1.29, 1.82) is 0 Å². The Bertz CT molecular complexity index is 1550. The predicted molar refractivity (Wildman–Crippen MR) is 153 cm³/mol. The summed E-state index contributed by atoms with van der Waals surface area (Å²) < 4.78 is 67.2. The van der Waals surface area contributed by atoms with Crippen molar-refractivity contribution in [3.8, 4) is 17.2 Å². The minimum Gasteiger partial charge on any atom is -0.497 e. The molecular weight excluding hydrogens is 580 g/mol. The van der Waals surface area contributed by atoms with E-state index in [1.165, 1.54) is 31.3 Å². The van der Waals surface area contributed by atoms with Crippen LogP contribution >= 0.6 is 18.7 Å². The van der Waals surface area contributed by atoms with Crippen molar-refractivity contribution in [2.45, 2.75) is 30.7 Å². The highest BCUT2D eigenvalue weighted by Crippen LogP contribution is 2.57. The Morgan fingerprint density at radius 1 is 1.02 bits per heavy atom. The largest absolute Gasteiger partial charge is 0.573 e. The van der Waals surface area contributed by atoms with Gasteiger partial charge >= 0.3 is 6.36 Å². The van der Waals surface area contributed by atoms with Gasteiger partial charge < -0.3 is 29.0 Å². The van der Waals surface area contributed by atoms with Gasteiger partial charge in [-0.25, -0.2) is 0 Å². The lowest BCUT2D eigenvalue weighted by atomic mass is 9.99. The van der Waals surface area contributed by atoms with E-state index in [1.54, 1.807) is 55.8 Å². The second-order valence-electron chi connectivity index (χ2n) is 10.7. The molecule has 1 atom stereocenters. The van der Waals surface area contributed by atoms with Crippen LogP contribution in [-0.4, -0.2) is 46.4 Å². The zero-order valence-corrected chi connectivity index (χ0v) is 24.5. The fourth-order valence-electron chi connectivity index (χ4n) is 5.24. The fraction of sp³-hybridized carbons (Fsp3) is 0.345. The number of rotatable bonds is 8. The van der Waals surface area contributed by atoms with Crippen LogP contribution in [-0.2, 0) is 14.8 Å². The van der Waals surface area contributed by atoms with E-state index in [1.807, 2.05) is 0 Å².